The van der Waals surface area contributed by atoms with E-state index in [2.05, 4.69) is 5.32 Å². The fourth-order valence-electron chi connectivity index (χ4n) is 0.698. The minimum atomic E-state index is -0.177. The Morgan fingerprint density at radius 2 is 1.75 bits per heavy atom. The van der Waals surface area contributed by atoms with Gasteiger partial charge in [0.1, 0.15) is 5.78 Å². The number of hydrogen-bond donors (Lipinski definition) is 1. The molecule has 0 fully saturated rings. The van der Waals surface area contributed by atoms with Crippen LogP contribution in [0.4, 0.5) is 0 Å². The fourth-order valence-corrected chi connectivity index (χ4v) is 0.698. The standard InChI is InChI=1S/C9H17NO2/c1-6(2)8(4)10-9(12)5-7(3)11/h6,8H,5H2,1-4H3,(H,10,12). The van der Waals surface area contributed by atoms with Gasteiger partial charge in [0.05, 0.1) is 6.42 Å². The Labute approximate surface area is 73.5 Å². The number of Topliss-reactive ketones (excluding diaryl/α,β-unsaturated/α-hetero) is 1. The van der Waals surface area contributed by atoms with Crippen LogP contribution in [0.2, 0.25) is 0 Å². The zero-order chi connectivity index (χ0) is 9.72. The third kappa shape index (κ3) is 4.88. The van der Waals surface area contributed by atoms with Crippen LogP contribution in [0.15, 0.2) is 0 Å². The van der Waals surface area contributed by atoms with E-state index in [-0.39, 0.29) is 24.2 Å². The second kappa shape index (κ2) is 4.91. The molecular formula is C9H17NO2. The molecule has 70 valence electrons. The Balaban J connectivity index is 3.77. The van der Waals surface area contributed by atoms with Gasteiger partial charge >= 0.3 is 0 Å². The van der Waals surface area contributed by atoms with Crippen molar-refractivity contribution >= 4 is 11.7 Å². The van der Waals surface area contributed by atoms with Gasteiger partial charge in [0.2, 0.25) is 5.91 Å². The molecule has 3 nitrogen and oxygen atoms in total. The van der Waals surface area contributed by atoms with Crippen molar-refractivity contribution < 1.29 is 9.59 Å². The molecule has 0 aliphatic heterocycles. The van der Waals surface area contributed by atoms with Crippen LogP contribution in [0, 0.1) is 5.92 Å². The average molecular weight is 171 g/mol. The molecule has 0 saturated heterocycles. The fraction of sp³-hybridized carbons (Fsp3) is 0.778. The van der Waals surface area contributed by atoms with Crippen LogP contribution in [0.3, 0.4) is 0 Å². The highest BCUT2D eigenvalue weighted by atomic mass is 16.2. The zero-order valence-electron chi connectivity index (χ0n) is 8.18. The van der Waals surface area contributed by atoms with E-state index >= 15 is 0 Å². The molecule has 1 unspecified atom stereocenters. The van der Waals surface area contributed by atoms with Crippen LogP contribution in [0.5, 0.6) is 0 Å². The lowest BCUT2D eigenvalue weighted by molar-refractivity contribution is -0.127. The molecule has 0 radical (unpaired) electrons. The van der Waals surface area contributed by atoms with E-state index in [1.54, 1.807) is 0 Å². The number of rotatable bonds is 4. The predicted octanol–water partition coefficient (Wildman–Crippen LogP) is 1.13. The predicted molar refractivity (Wildman–Crippen MR) is 47.7 cm³/mol. The molecule has 0 rings (SSSR count). The van der Waals surface area contributed by atoms with Crippen molar-refractivity contribution in [3.05, 3.63) is 0 Å². The highest BCUT2D eigenvalue weighted by Crippen LogP contribution is 1.99. The van der Waals surface area contributed by atoms with Crippen LogP contribution in [-0.2, 0) is 9.59 Å². The lowest BCUT2D eigenvalue weighted by Crippen LogP contribution is -2.36. The minimum Gasteiger partial charge on any atom is -0.353 e. The molecule has 0 aliphatic rings. The Morgan fingerprint density at radius 3 is 2.08 bits per heavy atom. The summed E-state index contributed by atoms with van der Waals surface area (Å²) in [6.45, 7) is 7.40. The average Bonchev–Trinajstić information content (AvgIpc) is 1.84. The Bertz CT molecular complexity index is 175. The van der Waals surface area contributed by atoms with Gasteiger partial charge in [-0.3, -0.25) is 9.59 Å². The zero-order valence-corrected chi connectivity index (χ0v) is 8.18. The van der Waals surface area contributed by atoms with Gasteiger partial charge in [-0.2, -0.15) is 0 Å². The van der Waals surface area contributed by atoms with E-state index < -0.39 is 0 Å². The SMILES string of the molecule is CC(=O)CC(=O)NC(C)C(C)C. The lowest BCUT2D eigenvalue weighted by atomic mass is 10.1. The maximum absolute atomic E-state index is 11.0. The first-order chi connectivity index (χ1) is 5.43. The Morgan fingerprint density at radius 1 is 1.25 bits per heavy atom. The smallest absolute Gasteiger partial charge is 0.227 e. The molecule has 0 bridgehead atoms. The van der Waals surface area contributed by atoms with Crippen molar-refractivity contribution in [3.8, 4) is 0 Å². The molecule has 0 aromatic heterocycles. The van der Waals surface area contributed by atoms with Crippen LogP contribution >= 0.6 is 0 Å². The van der Waals surface area contributed by atoms with E-state index in [1.807, 2.05) is 20.8 Å². The molecule has 1 N–H and O–H groups in total. The molecule has 0 spiro atoms. The number of amides is 1. The lowest BCUT2D eigenvalue weighted by Gasteiger charge is -2.16. The molecule has 0 aromatic carbocycles. The van der Waals surface area contributed by atoms with Crippen molar-refractivity contribution in [2.75, 3.05) is 0 Å². The third-order valence-corrected chi connectivity index (χ3v) is 1.80. The third-order valence-electron chi connectivity index (χ3n) is 1.80. The monoisotopic (exact) mass is 171 g/mol. The highest BCUT2D eigenvalue weighted by Gasteiger charge is 2.11. The summed E-state index contributed by atoms with van der Waals surface area (Å²) in [6.07, 6.45) is -0.00292. The minimum absolute atomic E-state index is 0.00292. The molecule has 12 heavy (non-hydrogen) atoms. The summed E-state index contributed by atoms with van der Waals surface area (Å²) < 4.78 is 0. The molecule has 1 amide bonds. The summed E-state index contributed by atoms with van der Waals surface area (Å²) in [5.41, 5.74) is 0. The van der Waals surface area contributed by atoms with E-state index in [0.29, 0.717) is 5.92 Å². The summed E-state index contributed by atoms with van der Waals surface area (Å²) in [6, 6.07) is 0.136. The van der Waals surface area contributed by atoms with Gasteiger partial charge in [-0.05, 0) is 19.8 Å². The maximum atomic E-state index is 11.0. The van der Waals surface area contributed by atoms with Crippen LogP contribution < -0.4 is 5.32 Å². The number of nitrogens with one attached hydrogen (secondary N) is 1. The normalized spacial score (nSPS) is 12.8. The van der Waals surface area contributed by atoms with Crippen LogP contribution in [0.25, 0.3) is 0 Å². The quantitative estimate of drug-likeness (QED) is 0.644. The summed E-state index contributed by atoms with van der Waals surface area (Å²) in [5.74, 6) is 0.132. The number of hydrogen-bond acceptors (Lipinski definition) is 2. The van der Waals surface area contributed by atoms with Crippen molar-refractivity contribution in [3.63, 3.8) is 0 Å². The Hall–Kier alpha value is -0.860. The van der Waals surface area contributed by atoms with E-state index in [4.69, 9.17) is 0 Å². The van der Waals surface area contributed by atoms with Crippen molar-refractivity contribution in [1.29, 1.82) is 0 Å². The van der Waals surface area contributed by atoms with Gasteiger partial charge in [0.25, 0.3) is 0 Å². The molecule has 3 heteroatoms. The molecule has 0 saturated carbocycles. The Kier molecular flexibility index (Phi) is 4.55. The number of ketones is 1. The maximum Gasteiger partial charge on any atom is 0.227 e. The first-order valence-corrected chi connectivity index (χ1v) is 4.22. The molecular weight excluding hydrogens is 154 g/mol. The van der Waals surface area contributed by atoms with Gasteiger partial charge < -0.3 is 5.32 Å². The van der Waals surface area contributed by atoms with Gasteiger partial charge in [-0.15, -0.1) is 0 Å². The second-order valence-electron chi connectivity index (χ2n) is 3.48. The summed E-state index contributed by atoms with van der Waals surface area (Å²) in [7, 11) is 0. The van der Waals surface area contributed by atoms with Gasteiger partial charge in [0, 0.05) is 6.04 Å². The van der Waals surface area contributed by atoms with Crippen LogP contribution in [0.1, 0.15) is 34.1 Å². The van der Waals surface area contributed by atoms with Crippen molar-refractivity contribution in [2.24, 2.45) is 5.92 Å². The topological polar surface area (TPSA) is 46.2 Å². The highest BCUT2D eigenvalue weighted by molar-refractivity contribution is 5.96. The molecule has 1 atom stereocenters. The van der Waals surface area contributed by atoms with E-state index in [0.717, 1.165) is 0 Å². The summed E-state index contributed by atoms with van der Waals surface area (Å²) in [4.78, 5) is 21.6. The number of carbonyl (C=O) groups is 2. The van der Waals surface area contributed by atoms with Gasteiger partial charge in [-0.1, -0.05) is 13.8 Å². The first-order valence-electron chi connectivity index (χ1n) is 4.22. The van der Waals surface area contributed by atoms with Crippen molar-refractivity contribution in [1.82, 2.24) is 5.32 Å². The van der Waals surface area contributed by atoms with Crippen molar-refractivity contribution in [2.45, 2.75) is 40.2 Å². The van der Waals surface area contributed by atoms with E-state index in [1.165, 1.54) is 6.92 Å². The van der Waals surface area contributed by atoms with Gasteiger partial charge in [0.15, 0.2) is 0 Å². The molecule has 0 heterocycles. The molecule has 0 aliphatic carbocycles. The second-order valence-corrected chi connectivity index (χ2v) is 3.48. The summed E-state index contributed by atoms with van der Waals surface area (Å²) >= 11 is 0. The van der Waals surface area contributed by atoms with E-state index in [9.17, 15) is 9.59 Å². The van der Waals surface area contributed by atoms with Gasteiger partial charge in [-0.25, -0.2) is 0 Å². The van der Waals surface area contributed by atoms with Crippen LogP contribution in [-0.4, -0.2) is 17.7 Å². The largest absolute Gasteiger partial charge is 0.353 e. The number of carbonyl (C=O) groups excluding carboxylic acids is 2. The first kappa shape index (κ1) is 11.1. The summed E-state index contributed by atoms with van der Waals surface area (Å²) in [5, 5.41) is 2.75. The molecule has 0 aromatic rings.